The number of aliphatic hydroxyl groups is 1. The van der Waals surface area contributed by atoms with E-state index >= 15 is 0 Å². The van der Waals surface area contributed by atoms with E-state index in [2.05, 4.69) is 21.9 Å². The van der Waals surface area contributed by atoms with Crippen LogP contribution in [0, 0.1) is 0 Å². The van der Waals surface area contributed by atoms with E-state index in [-0.39, 0.29) is 0 Å². The second kappa shape index (κ2) is 6.46. The highest BCUT2D eigenvalue weighted by Gasteiger charge is 2.23. The van der Waals surface area contributed by atoms with Gasteiger partial charge in [-0.05, 0) is 32.9 Å². The highest BCUT2D eigenvalue weighted by Crippen LogP contribution is 2.28. The Labute approximate surface area is 122 Å². The average Bonchev–Trinajstić information content (AvgIpc) is 2.39. The van der Waals surface area contributed by atoms with Crippen molar-refractivity contribution in [3.8, 4) is 5.75 Å². The van der Waals surface area contributed by atoms with Crippen LogP contribution in [-0.4, -0.2) is 54.9 Å². The van der Waals surface area contributed by atoms with Crippen LogP contribution in [0.15, 0.2) is 24.3 Å². The van der Waals surface area contributed by atoms with Crippen LogP contribution >= 0.6 is 0 Å². The summed E-state index contributed by atoms with van der Waals surface area (Å²) in [5.74, 6) is 0.964. The van der Waals surface area contributed by atoms with Gasteiger partial charge in [0.25, 0.3) is 0 Å². The van der Waals surface area contributed by atoms with Crippen molar-refractivity contribution < 1.29 is 9.84 Å². The minimum atomic E-state index is -0.620. The number of hydrogen-bond donors (Lipinski definition) is 1. The summed E-state index contributed by atoms with van der Waals surface area (Å²) in [5, 5.41) is 9.89. The normalized spacial score (nSPS) is 17.3. The van der Waals surface area contributed by atoms with Gasteiger partial charge in [-0.2, -0.15) is 0 Å². The van der Waals surface area contributed by atoms with Gasteiger partial charge in [0, 0.05) is 32.7 Å². The third-order valence-electron chi connectivity index (χ3n) is 3.49. The van der Waals surface area contributed by atoms with E-state index in [0.717, 1.165) is 38.5 Å². The summed E-state index contributed by atoms with van der Waals surface area (Å²) in [6.07, 6.45) is 0. The van der Waals surface area contributed by atoms with Gasteiger partial charge in [-0.15, -0.1) is 0 Å². The molecule has 0 amide bonds. The van der Waals surface area contributed by atoms with Gasteiger partial charge >= 0.3 is 0 Å². The first-order chi connectivity index (χ1) is 9.49. The molecule has 0 bridgehead atoms. The minimum Gasteiger partial charge on any atom is -0.492 e. The van der Waals surface area contributed by atoms with Gasteiger partial charge in [0.2, 0.25) is 0 Å². The highest BCUT2D eigenvalue weighted by molar-refractivity contribution is 5.58. The van der Waals surface area contributed by atoms with Crippen molar-refractivity contribution in [2.24, 2.45) is 0 Å². The lowest BCUT2D eigenvalue weighted by Gasteiger charge is -2.38. The topological polar surface area (TPSA) is 35.9 Å². The third kappa shape index (κ3) is 4.12. The average molecular weight is 278 g/mol. The number of β-amino-alcohol motifs (C(OH)–C–C–N with tert-alkyl or cyclic N) is 1. The fraction of sp³-hybridized carbons (Fsp3) is 0.625. The molecule has 2 rings (SSSR count). The number of anilines is 1. The second-order valence-corrected chi connectivity index (χ2v) is 5.98. The van der Waals surface area contributed by atoms with E-state index < -0.39 is 5.60 Å². The van der Waals surface area contributed by atoms with Gasteiger partial charge in [-0.25, -0.2) is 0 Å². The van der Waals surface area contributed by atoms with Crippen molar-refractivity contribution in [1.82, 2.24) is 4.90 Å². The quantitative estimate of drug-likeness (QED) is 0.893. The number of piperazine rings is 1. The van der Waals surface area contributed by atoms with Crippen LogP contribution in [0.4, 0.5) is 5.69 Å². The molecule has 1 aromatic rings. The van der Waals surface area contributed by atoms with E-state index in [0.29, 0.717) is 6.61 Å². The largest absolute Gasteiger partial charge is 0.492 e. The van der Waals surface area contributed by atoms with E-state index in [9.17, 15) is 5.11 Å². The fourth-order valence-electron chi connectivity index (χ4n) is 2.69. The molecule has 4 heteroatoms. The molecule has 0 atom stereocenters. The molecule has 4 nitrogen and oxygen atoms in total. The lowest BCUT2D eigenvalue weighted by atomic mass is 10.1. The molecule has 1 heterocycles. The number of para-hydroxylation sites is 2. The summed E-state index contributed by atoms with van der Waals surface area (Å²) >= 11 is 0. The number of rotatable bonds is 5. The molecule has 1 N–H and O–H groups in total. The molecule has 20 heavy (non-hydrogen) atoms. The number of hydrogen-bond acceptors (Lipinski definition) is 4. The Morgan fingerprint density at radius 3 is 2.40 bits per heavy atom. The Morgan fingerprint density at radius 1 is 1.15 bits per heavy atom. The summed E-state index contributed by atoms with van der Waals surface area (Å²) in [6.45, 7) is 11.1. The van der Waals surface area contributed by atoms with Crippen molar-refractivity contribution >= 4 is 5.69 Å². The van der Waals surface area contributed by atoms with Crippen LogP contribution in [-0.2, 0) is 0 Å². The second-order valence-electron chi connectivity index (χ2n) is 5.98. The van der Waals surface area contributed by atoms with Crippen molar-refractivity contribution in [2.45, 2.75) is 26.4 Å². The van der Waals surface area contributed by atoms with Gasteiger partial charge < -0.3 is 14.7 Å². The maximum absolute atomic E-state index is 9.89. The first kappa shape index (κ1) is 15.1. The highest BCUT2D eigenvalue weighted by atomic mass is 16.5. The molecule has 0 aliphatic carbocycles. The molecule has 0 radical (unpaired) electrons. The zero-order valence-electron chi connectivity index (χ0n) is 12.8. The van der Waals surface area contributed by atoms with E-state index in [1.807, 2.05) is 32.9 Å². The SMILES string of the molecule is CCOc1ccccc1N1CCN(CC(C)(C)O)CC1. The Morgan fingerprint density at radius 2 is 1.80 bits per heavy atom. The molecule has 112 valence electrons. The van der Waals surface area contributed by atoms with Crippen LogP contribution in [0.1, 0.15) is 20.8 Å². The minimum absolute atomic E-state index is 0.620. The van der Waals surface area contributed by atoms with Crippen LogP contribution in [0.25, 0.3) is 0 Å². The van der Waals surface area contributed by atoms with Gasteiger partial charge in [-0.3, -0.25) is 4.90 Å². The Bertz CT molecular complexity index is 421. The van der Waals surface area contributed by atoms with Crippen LogP contribution < -0.4 is 9.64 Å². The Hall–Kier alpha value is -1.26. The first-order valence-electron chi connectivity index (χ1n) is 7.41. The zero-order valence-corrected chi connectivity index (χ0v) is 12.8. The molecule has 1 aromatic carbocycles. The van der Waals surface area contributed by atoms with Crippen molar-refractivity contribution in [2.75, 3.05) is 44.2 Å². The van der Waals surface area contributed by atoms with Crippen LogP contribution in [0.5, 0.6) is 5.75 Å². The zero-order chi connectivity index (χ0) is 14.6. The van der Waals surface area contributed by atoms with Gasteiger partial charge in [0.15, 0.2) is 0 Å². The molecule has 0 spiro atoms. The van der Waals surface area contributed by atoms with E-state index in [1.54, 1.807) is 0 Å². The maximum Gasteiger partial charge on any atom is 0.142 e. The lowest BCUT2D eigenvalue weighted by Crippen LogP contribution is -2.50. The molecule has 1 saturated heterocycles. The molecular formula is C16H26N2O2. The summed E-state index contributed by atoms with van der Waals surface area (Å²) in [7, 11) is 0. The molecule has 0 unspecified atom stereocenters. The smallest absolute Gasteiger partial charge is 0.142 e. The fourth-order valence-corrected chi connectivity index (χ4v) is 2.69. The monoisotopic (exact) mass is 278 g/mol. The number of nitrogens with zero attached hydrogens (tertiary/aromatic N) is 2. The maximum atomic E-state index is 9.89. The van der Waals surface area contributed by atoms with E-state index in [1.165, 1.54) is 5.69 Å². The number of benzene rings is 1. The molecule has 1 aliphatic heterocycles. The molecule has 0 aromatic heterocycles. The third-order valence-corrected chi connectivity index (χ3v) is 3.49. The van der Waals surface area contributed by atoms with Crippen LogP contribution in [0.3, 0.4) is 0 Å². The predicted molar refractivity (Wildman–Crippen MR) is 82.6 cm³/mol. The summed E-state index contributed by atoms with van der Waals surface area (Å²) in [4.78, 5) is 4.69. The predicted octanol–water partition coefficient (Wildman–Crippen LogP) is 1.98. The van der Waals surface area contributed by atoms with Gasteiger partial charge in [-0.1, -0.05) is 12.1 Å². The van der Waals surface area contributed by atoms with Crippen molar-refractivity contribution in [3.05, 3.63) is 24.3 Å². The Kier molecular flexibility index (Phi) is 4.89. The van der Waals surface area contributed by atoms with E-state index in [4.69, 9.17) is 4.74 Å². The van der Waals surface area contributed by atoms with Gasteiger partial charge in [0.1, 0.15) is 5.75 Å². The van der Waals surface area contributed by atoms with Gasteiger partial charge in [0.05, 0.1) is 17.9 Å². The first-order valence-corrected chi connectivity index (χ1v) is 7.41. The molecule has 0 saturated carbocycles. The summed E-state index contributed by atoms with van der Waals surface area (Å²) in [5.41, 5.74) is 0.558. The number of ether oxygens (including phenoxy) is 1. The van der Waals surface area contributed by atoms with Crippen LogP contribution in [0.2, 0.25) is 0 Å². The van der Waals surface area contributed by atoms with Crippen molar-refractivity contribution in [3.63, 3.8) is 0 Å². The lowest BCUT2D eigenvalue weighted by molar-refractivity contribution is 0.0345. The molecule has 1 fully saturated rings. The summed E-state index contributed by atoms with van der Waals surface area (Å²) < 4.78 is 5.70. The molecular weight excluding hydrogens is 252 g/mol. The molecule has 1 aliphatic rings. The Balaban J connectivity index is 1.97. The summed E-state index contributed by atoms with van der Waals surface area (Å²) in [6, 6.07) is 8.22. The standard InChI is InChI=1S/C16H26N2O2/c1-4-20-15-8-6-5-7-14(15)18-11-9-17(10-12-18)13-16(2,3)19/h5-8,19H,4,9-13H2,1-3H3. The van der Waals surface area contributed by atoms with Crippen molar-refractivity contribution in [1.29, 1.82) is 0 Å².